The molecule has 0 saturated carbocycles. The smallest absolute Gasteiger partial charge is 0.257 e. The lowest BCUT2D eigenvalue weighted by Crippen LogP contribution is -2.35. The van der Waals surface area contributed by atoms with E-state index in [4.69, 9.17) is 4.74 Å². The number of nitrogens with one attached hydrogen (secondary N) is 2. The van der Waals surface area contributed by atoms with Gasteiger partial charge in [0, 0.05) is 18.5 Å². The molecule has 0 radical (unpaired) electrons. The zero-order chi connectivity index (χ0) is 14.9. The highest BCUT2D eigenvalue weighted by molar-refractivity contribution is 5.88. The van der Waals surface area contributed by atoms with Crippen molar-refractivity contribution >= 4 is 16.7 Å². The molecule has 4 nitrogen and oxygen atoms in total. The molecule has 2 aromatic rings. The Morgan fingerprint density at radius 3 is 2.71 bits per heavy atom. The van der Waals surface area contributed by atoms with Crippen LogP contribution in [0.1, 0.15) is 13.3 Å². The molecule has 0 fully saturated rings. The molecule has 0 aromatic heterocycles. The number of hydrogen-bond acceptors (Lipinski definition) is 3. The summed E-state index contributed by atoms with van der Waals surface area (Å²) in [5.41, 5.74) is 0. The van der Waals surface area contributed by atoms with E-state index in [9.17, 15) is 4.79 Å². The zero-order valence-electron chi connectivity index (χ0n) is 12.4. The van der Waals surface area contributed by atoms with Crippen LogP contribution >= 0.6 is 0 Å². The Kier molecular flexibility index (Phi) is 6.03. The number of carbonyl (C=O) groups is 1. The molecule has 0 unspecified atom stereocenters. The maximum Gasteiger partial charge on any atom is 0.257 e. The van der Waals surface area contributed by atoms with Gasteiger partial charge in [0.15, 0.2) is 6.61 Å². The molecule has 0 atom stereocenters. The first-order valence-corrected chi connectivity index (χ1v) is 7.39. The van der Waals surface area contributed by atoms with E-state index in [0.717, 1.165) is 36.0 Å². The van der Waals surface area contributed by atoms with Crippen molar-refractivity contribution in [2.45, 2.75) is 13.3 Å². The minimum atomic E-state index is -0.0961. The second kappa shape index (κ2) is 8.27. The molecule has 112 valence electrons. The topological polar surface area (TPSA) is 50.4 Å². The van der Waals surface area contributed by atoms with Crippen LogP contribution in [0, 0.1) is 0 Å². The van der Waals surface area contributed by atoms with Crippen LogP contribution in [-0.4, -0.2) is 32.1 Å². The molecule has 1 amide bonds. The van der Waals surface area contributed by atoms with Gasteiger partial charge in [-0.1, -0.05) is 43.3 Å². The van der Waals surface area contributed by atoms with Crippen molar-refractivity contribution in [2.24, 2.45) is 0 Å². The molecular formula is C17H22N2O2. The number of rotatable bonds is 8. The van der Waals surface area contributed by atoms with E-state index in [1.54, 1.807) is 0 Å². The second-order valence-corrected chi connectivity index (χ2v) is 4.87. The van der Waals surface area contributed by atoms with E-state index in [-0.39, 0.29) is 12.5 Å². The van der Waals surface area contributed by atoms with Crippen LogP contribution < -0.4 is 15.4 Å². The molecule has 2 rings (SSSR count). The molecular weight excluding hydrogens is 264 g/mol. The van der Waals surface area contributed by atoms with Crippen LogP contribution in [-0.2, 0) is 4.79 Å². The summed E-state index contributed by atoms with van der Waals surface area (Å²) in [4.78, 5) is 11.7. The fourth-order valence-corrected chi connectivity index (χ4v) is 2.11. The molecule has 0 aliphatic heterocycles. The van der Waals surface area contributed by atoms with Crippen molar-refractivity contribution in [2.75, 3.05) is 26.2 Å². The van der Waals surface area contributed by atoms with Crippen LogP contribution in [0.2, 0.25) is 0 Å². The Morgan fingerprint density at radius 2 is 1.86 bits per heavy atom. The highest BCUT2D eigenvalue weighted by Gasteiger charge is 2.05. The number of carbonyl (C=O) groups excluding carboxylic acids is 1. The van der Waals surface area contributed by atoms with Gasteiger partial charge in [0.2, 0.25) is 0 Å². The molecule has 0 bridgehead atoms. The summed E-state index contributed by atoms with van der Waals surface area (Å²) in [6.07, 6.45) is 1.10. The number of hydrogen-bond donors (Lipinski definition) is 2. The van der Waals surface area contributed by atoms with Gasteiger partial charge in [-0.05, 0) is 24.4 Å². The first-order chi connectivity index (χ1) is 10.3. The fourth-order valence-electron chi connectivity index (χ4n) is 2.11. The van der Waals surface area contributed by atoms with Gasteiger partial charge in [0.05, 0.1) is 0 Å². The summed E-state index contributed by atoms with van der Waals surface area (Å²) in [7, 11) is 0. The standard InChI is InChI=1S/C17H22N2O2/c1-2-10-18-11-12-19-17(20)13-21-16-9-5-7-14-6-3-4-8-15(14)16/h3-9,18H,2,10-13H2,1H3,(H,19,20). The first kappa shape index (κ1) is 15.3. The summed E-state index contributed by atoms with van der Waals surface area (Å²) in [5, 5.41) is 8.20. The Bertz CT molecular complexity index is 579. The summed E-state index contributed by atoms with van der Waals surface area (Å²) in [6, 6.07) is 13.8. The van der Waals surface area contributed by atoms with Crippen LogP contribution in [0.4, 0.5) is 0 Å². The largest absolute Gasteiger partial charge is 0.483 e. The van der Waals surface area contributed by atoms with Crippen LogP contribution in [0.3, 0.4) is 0 Å². The minimum absolute atomic E-state index is 0.0434. The lowest BCUT2D eigenvalue weighted by atomic mass is 10.1. The SMILES string of the molecule is CCCNCCNC(=O)COc1cccc2ccccc12. The number of amides is 1. The zero-order valence-corrected chi connectivity index (χ0v) is 12.4. The first-order valence-electron chi connectivity index (χ1n) is 7.39. The normalized spacial score (nSPS) is 10.5. The molecule has 0 saturated heterocycles. The highest BCUT2D eigenvalue weighted by Crippen LogP contribution is 2.24. The van der Waals surface area contributed by atoms with Crippen molar-refractivity contribution in [3.8, 4) is 5.75 Å². The predicted octanol–water partition coefficient (Wildman–Crippen LogP) is 2.33. The van der Waals surface area contributed by atoms with E-state index in [2.05, 4.69) is 17.6 Å². The summed E-state index contributed by atoms with van der Waals surface area (Å²) in [6.45, 7) is 4.54. The summed E-state index contributed by atoms with van der Waals surface area (Å²) < 4.78 is 5.63. The second-order valence-electron chi connectivity index (χ2n) is 4.87. The molecule has 2 aromatic carbocycles. The quantitative estimate of drug-likeness (QED) is 0.732. The van der Waals surface area contributed by atoms with Gasteiger partial charge in [0.1, 0.15) is 5.75 Å². The third-order valence-electron chi connectivity index (χ3n) is 3.16. The lowest BCUT2D eigenvalue weighted by molar-refractivity contribution is -0.123. The van der Waals surface area contributed by atoms with E-state index >= 15 is 0 Å². The van der Waals surface area contributed by atoms with E-state index in [0.29, 0.717) is 6.54 Å². The fraction of sp³-hybridized carbons (Fsp3) is 0.353. The molecule has 0 spiro atoms. The maximum absolute atomic E-state index is 11.7. The van der Waals surface area contributed by atoms with Crippen LogP contribution in [0.5, 0.6) is 5.75 Å². The van der Waals surface area contributed by atoms with Gasteiger partial charge < -0.3 is 15.4 Å². The Balaban J connectivity index is 1.80. The molecule has 4 heteroatoms. The van der Waals surface area contributed by atoms with Crippen molar-refractivity contribution in [1.82, 2.24) is 10.6 Å². The van der Waals surface area contributed by atoms with Gasteiger partial charge in [-0.3, -0.25) is 4.79 Å². The van der Waals surface area contributed by atoms with Gasteiger partial charge in [-0.2, -0.15) is 0 Å². The Hall–Kier alpha value is -2.07. The number of fused-ring (bicyclic) bond motifs is 1. The van der Waals surface area contributed by atoms with E-state index in [1.165, 1.54) is 0 Å². The molecule has 0 aliphatic carbocycles. The highest BCUT2D eigenvalue weighted by atomic mass is 16.5. The van der Waals surface area contributed by atoms with Gasteiger partial charge in [0.25, 0.3) is 5.91 Å². The molecule has 0 aliphatic rings. The van der Waals surface area contributed by atoms with Crippen LogP contribution in [0.25, 0.3) is 10.8 Å². The van der Waals surface area contributed by atoms with Gasteiger partial charge in [-0.25, -0.2) is 0 Å². The number of benzene rings is 2. The van der Waals surface area contributed by atoms with Crippen molar-refractivity contribution in [3.05, 3.63) is 42.5 Å². The monoisotopic (exact) mass is 286 g/mol. The minimum Gasteiger partial charge on any atom is -0.483 e. The number of ether oxygens (including phenoxy) is 1. The Morgan fingerprint density at radius 1 is 1.05 bits per heavy atom. The molecule has 0 heterocycles. The summed E-state index contributed by atoms with van der Waals surface area (Å²) in [5.74, 6) is 0.647. The lowest BCUT2D eigenvalue weighted by Gasteiger charge is -2.10. The average molecular weight is 286 g/mol. The van der Waals surface area contributed by atoms with E-state index < -0.39 is 0 Å². The third kappa shape index (κ3) is 4.76. The maximum atomic E-state index is 11.7. The van der Waals surface area contributed by atoms with Gasteiger partial charge >= 0.3 is 0 Å². The van der Waals surface area contributed by atoms with Gasteiger partial charge in [-0.15, -0.1) is 0 Å². The molecule has 2 N–H and O–H groups in total. The summed E-state index contributed by atoms with van der Waals surface area (Å²) >= 11 is 0. The van der Waals surface area contributed by atoms with E-state index in [1.807, 2.05) is 42.5 Å². The van der Waals surface area contributed by atoms with Crippen LogP contribution in [0.15, 0.2) is 42.5 Å². The van der Waals surface area contributed by atoms with Crippen molar-refractivity contribution in [3.63, 3.8) is 0 Å². The molecule has 21 heavy (non-hydrogen) atoms. The predicted molar refractivity (Wildman–Crippen MR) is 85.6 cm³/mol. The Labute approximate surface area is 125 Å². The average Bonchev–Trinajstić information content (AvgIpc) is 2.52. The van der Waals surface area contributed by atoms with Crippen molar-refractivity contribution < 1.29 is 9.53 Å². The third-order valence-corrected chi connectivity index (χ3v) is 3.16. The van der Waals surface area contributed by atoms with Crippen molar-refractivity contribution in [1.29, 1.82) is 0 Å².